The minimum Gasteiger partial charge on any atom is -0.489 e. The van der Waals surface area contributed by atoms with Gasteiger partial charge in [0.05, 0.1) is 19.6 Å². The van der Waals surface area contributed by atoms with Crippen LogP contribution in [0.1, 0.15) is 69.5 Å². The Hall–Kier alpha value is -3.16. The van der Waals surface area contributed by atoms with Gasteiger partial charge in [-0.2, -0.15) is 0 Å². The molecule has 0 saturated heterocycles. The molecule has 1 amide bonds. The Kier molecular flexibility index (Phi) is 9.96. The molecule has 1 aliphatic carbocycles. The second kappa shape index (κ2) is 13.6. The molecule has 0 radical (unpaired) electrons. The van der Waals surface area contributed by atoms with Crippen molar-refractivity contribution >= 4 is 11.9 Å². The summed E-state index contributed by atoms with van der Waals surface area (Å²) < 4.78 is 16.7. The Morgan fingerprint density at radius 3 is 2.50 bits per heavy atom. The summed E-state index contributed by atoms with van der Waals surface area (Å²) >= 11 is 0. The van der Waals surface area contributed by atoms with Crippen LogP contribution in [0.5, 0.6) is 5.75 Å². The molecule has 204 valence electrons. The number of benzene rings is 2. The highest BCUT2D eigenvalue weighted by Crippen LogP contribution is 2.37. The number of nitrogens with zero attached hydrogens (tertiary/aromatic N) is 1. The number of hydrogen-bond donors (Lipinski definition) is 1. The van der Waals surface area contributed by atoms with Crippen LogP contribution in [0.15, 0.2) is 65.7 Å². The van der Waals surface area contributed by atoms with Crippen molar-refractivity contribution in [3.8, 4) is 5.75 Å². The molecule has 0 fully saturated rings. The van der Waals surface area contributed by atoms with Gasteiger partial charge in [0, 0.05) is 24.8 Å². The Morgan fingerprint density at radius 2 is 1.79 bits per heavy atom. The maximum Gasteiger partial charge on any atom is 0.307 e. The fraction of sp³-hybridized carbons (Fsp3) is 0.484. The molecule has 0 saturated carbocycles. The number of carbonyl (C=O) groups excluding carboxylic acids is 2. The molecular formula is C31H40N2O5. The third-order valence-electron chi connectivity index (χ3n) is 7.15. The largest absolute Gasteiger partial charge is 0.489 e. The summed E-state index contributed by atoms with van der Waals surface area (Å²) in [4.78, 5) is 27.7. The number of ether oxygens (including phenoxy) is 3. The summed E-state index contributed by atoms with van der Waals surface area (Å²) in [6.45, 7) is 5.73. The highest BCUT2D eigenvalue weighted by atomic mass is 16.5. The van der Waals surface area contributed by atoms with Gasteiger partial charge in [0.2, 0.25) is 0 Å². The molecule has 38 heavy (non-hydrogen) atoms. The van der Waals surface area contributed by atoms with Crippen LogP contribution in [0.3, 0.4) is 0 Å². The maximum atomic E-state index is 13.4. The molecule has 0 spiro atoms. The van der Waals surface area contributed by atoms with Crippen molar-refractivity contribution in [2.24, 2.45) is 0 Å². The van der Waals surface area contributed by atoms with E-state index in [0.29, 0.717) is 19.8 Å². The number of methoxy groups -OCH3 is 1. The third-order valence-corrected chi connectivity index (χ3v) is 7.15. The van der Waals surface area contributed by atoms with Crippen LogP contribution in [0.2, 0.25) is 0 Å². The standard InChI is InChI=1S/C31H40N2O5/c1-22(2)37-19-9-18-33-30(26-12-7-8-13-27(26)31(33)35)32-28(20-29(34)36-3)24-14-16-25(17-15-24)38-21-23-10-5-4-6-11-23/h4-6,10-11,14-17,22,28,30,32H,7-9,12-13,18-21H2,1-3H3. The maximum absolute atomic E-state index is 13.4. The van der Waals surface area contributed by atoms with Gasteiger partial charge < -0.3 is 19.1 Å². The van der Waals surface area contributed by atoms with E-state index in [2.05, 4.69) is 5.32 Å². The van der Waals surface area contributed by atoms with Gasteiger partial charge in [0.25, 0.3) is 5.91 Å². The van der Waals surface area contributed by atoms with E-state index >= 15 is 0 Å². The van der Waals surface area contributed by atoms with Crippen molar-refractivity contribution in [3.05, 3.63) is 76.9 Å². The van der Waals surface area contributed by atoms with E-state index in [1.54, 1.807) is 0 Å². The van der Waals surface area contributed by atoms with Gasteiger partial charge in [-0.25, -0.2) is 0 Å². The molecule has 1 heterocycles. The first-order valence-electron chi connectivity index (χ1n) is 13.7. The number of esters is 1. The van der Waals surface area contributed by atoms with Crippen molar-refractivity contribution in [1.82, 2.24) is 10.2 Å². The minimum atomic E-state index is -0.313. The second-order valence-electron chi connectivity index (χ2n) is 10.2. The average molecular weight is 521 g/mol. The van der Waals surface area contributed by atoms with Crippen LogP contribution < -0.4 is 10.1 Å². The van der Waals surface area contributed by atoms with Gasteiger partial charge in [0.1, 0.15) is 18.5 Å². The zero-order valence-electron chi connectivity index (χ0n) is 22.8. The SMILES string of the molecule is COC(=O)CC(NC1C2=C(CCCC2)C(=O)N1CCCOC(C)C)c1ccc(OCc2ccccc2)cc1. The fourth-order valence-electron chi connectivity index (χ4n) is 5.18. The van der Waals surface area contributed by atoms with Gasteiger partial charge in [-0.05, 0) is 74.8 Å². The van der Waals surface area contributed by atoms with Gasteiger partial charge in [-0.1, -0.05) is 42.5 Å². The zero-order chi connectivity index (χ0) is 26.9. The van der Waals surface area contributed by atoms with Gasteiger partial charge >= 0.3 is 5.97 Å². The van der Waals surface area contributed by atoms with Gasteiger partial charge in [-0.3, -0.25) is 14.9 Å². The number of hydrogen-bond acceptors (Lipinski definition) is 6. The van der Waals surface area contributed by atoms with E-state index in [9.17, 15) is 9.59 Å². The highest BCUT2D eigenvalue weighted by Gasteiger charge is 2.40. The summed E-state index contributed by atoms with van der Waals surface area (Å²) in [5.41, 5.74) is 4.16. The first kappa shape index (κ1) is 27.9. The van der Waals surface area contributed by atoms with E-state index in [1.807, 2.05) is 73.3 Å². The highest BCUT2D eigenvalue weighted by molar-refractivity contribution is 5.97. The van der Waals surface area contributed by atoms with Crippen molar-refractivity contribution in [3.63, 3.8) is 0 Å². The molecule has 2 aromatic rings. The molecule has 4 rings (SSSR count). The van der Waals surface area contributed by atoms with Crippen molar-refractivity contribution < 1.29 is 23.8 Å². The topological polar surface area (TPSA) is 77.1 Å². The van der Waals surface area contributed by atoms with Crippen molar-refractivity contribution in [1.29, 1.82) is 0 Å². The molecule has 2 aliphatic rings. The summed E-state index contributed by atoms with van der Waals surface area (Å²) in [5, 5.41) is 3.67. The number of nitrogens with one attached hydrogen (secondary N) is 1. The first-order valence-corrected chi connectivity index (χ1v) is 13.7. The Bertz CT molecular complexity index is 1100. The lowest BCUT2D eigenvalue weighted by Crippen LogP contribution is -2.47. The first-order chi connectivity index (χ1) is 18.5. The molecule has 0 bridgehead atoms. The van der Waals surface area contributed by atoms with E-state index in [-0.39, 0.29) is 36.6 Å². The van der Waals surface area contributed by atoms with E-state index in [4.69, 9.17) is 14.2 Å². The predicted octanol–water partition coefficient (Wildman–Crippen LogP) is 5.31. The van der Waals surface area contributed by atoms with Crippen molar-refractivity contribution in [2.75, 3.05) is 20.3 Å². The van der Waals surface area contributed by atoms with Crippen LogP contribution in [-0.4, -0.2) is 49.3 Å². The number of carbonyl (C=O) groups is 2. The molecular weight excluding hydrogens is 480 g/mol. The van der Waals surface area contributed by atoms with E-state index < -0.39 is 0 Å². The average Bonchev–Trinajstić information content (AvgIpc) is 3.20. The Labute approximate surface area is 226 Å². The third kappa shape index (κ3) is 7.23. The van der Waals surface area contributed by atoms with Crippen LogP contribution in [0.25, 0.3) is 0 Å². The molecule has 7 nitrogen and oxygen atoms in total. The van der Waals surface area contributed by atoms with Gasteiger partial charge in [0.15, 0.2) is 0 Å². The summed E-state index contributed by atoms with van der Waals surface area (Å²) in [5.74, 6) is 0.573. The Morgan fingerprint density at radius 1 is 1.05 bits per heavy atom. The van der Waals surface area contributed by atoms with Gasteiger partial charge in [-0.15, -0.1) is 0 Å². The summed E-state index contributed by atoms with van der Waals surface area (Å²) in [6.07, 6.45) is 4.68. The molecule has 2 unspecified atom stereocenters. The fourth-order valence-corrected chi connectivity index (χ4v) is 5.18. The summed E-state index contributed by atoms with van der Waals surface area (Å²) in [7, 11) is 1.40. The monoisotopic (exact) mass is 520 g/mol. The molecule has 7 heteroatoms. The molecule has 1 aliphatic heterocycles. The Balaban J connectivity index is 1.50. The summed E-state index contributed by atoms with van der Waals surface area (Å²) in [6, 6.07) is 17.5. The molecule has 2 atom stereocenters. The second-order valence-corrected chi connectivity index (χ2v) is 10.2. The lowest BCUT2D eigenvalue weighted by molar-refractivity contribution is -0.141. The molecule has 0 aromatic heterocycles. The minimum absolute atomic E-state index is 0.114. The van der Waals surface area contributed by atoms with Crippen LogP contribution in [-0.2, 0) is 25.7 Å². The molecule has 2 aromatic carbocycles. The smallest absolute Gasteiger partial charge is 0.307 e. The predicted molar refractivity (Wildman–Crippen MR) is 146 cm³/mol. The van der Waals surface area contributed by atoms with E-state index in [1.165, 1.54) is 12.7 Å². The lowest BCUT2D eigenvalue weighted by Gasteiger charge is -2.32. The number of amides is 1. The normalized spacial score (nSPS) is 18.1. The lowest BCUT2D eigenvalue weighted by atomic mass is 9.92. The van der Waals surface area contributed by atoms with Crippen LogP contribution in [0.4, 0.5) is 0 Å². The van der Waals surface area contributed by atoms with Crippen LogP contribution in [0, 0.1) is 0 Å². The van der Waals surface area contributed by atoms with Crippen LogP contribution >= 0.6 is 0 Å². The van der Waals surface area contributed by atoms with E-state index in [0.717, 1.165) is 54.6 Å². The molecule has 1 N–H and O–H groups in total. The quantitative estimate of drug-likeness (QED) is 0.285. The zero-order valence-corrected chi connectivity index (χ0v) is 22.8. The van der Waals surface area contributed by atoms with Crippen molar-refractivity contribution in [2.45, 2.75) is 77.3 Å². The number of rotatable bonds is 13.